The number of carboxylic acid groups (broad SMARTS) is 1. The lowest BCUT2D eigenvalue weighted by atomic mass is 10.2. The Morgan fingerprint density at radius 3 is 2.90 bits per heavy atom. The Bertz CT molecular complexity index is 521. The van der Waals surface area contributed by atoms with Gasteiger partial charge in [0.1, 0.15) is 11.0 Å². The standard InChI is InChI=1S/C13H19N3O3S2/c1-3-4-11-16(9(7-20-11)12(17)18)13(19)15-6-10-14-5-8(2)21-10/h5,9,11H,3-4,6-7H2,1-2H3,(H,15,19)(H,17,18). The molecule has 2 amide bonds. The maximum Gasteiger partial charge on any atom is 0.327 e. The second-order valence-electron chi connectivity index (χ2n) is 4.86. The van der Waals surface area contributed by atoms with Gasteiger partial charge in [-0.05, 0) is 13.3 Å². The van der Waals surface area contributed by atoms with E-state index in [2.05, 4.69) is 10.3 Å². The first kappa shape index (κ1) is 16.1. The molecule has 0 bridgehead atoms. The lowest BCUT2D eigenvalue weighted by Crippen LogP contribution is -2.49. The Morgan fingerprint density at radius 2 is 2.33 bits per heavy atom. The van der Waals surface area contributed by atoms with E-state index in [4.69, 9.17) is 0 Å². The summed E-state index contributed by atoms with van der Waals surface area (Å²) in [6.07, 6.45) is 3.48. The van der Waals surface area contributed by atoms with E-state index in [1.165, 1.54) is 28.0 Å². The van der Waals surface area contributed by atoms with E-state index in [-0.39, 0.29) is 11.4 Å². The maximum atomic E-state index is 12.3. The van der Waals surface area contributed by atoms with Gasteiger partial charge in [0, 0.05) is 16.8 Å². The highest BCUT2D eigenvalue weighted by Crippen LogP contribution is 2.32. The van der Waals surface area contributed by atoms with Crippen molar-refractivity contribution in [1.82, 2.24) is 15.2 Å². The molecule has 116 valence electrons. The minimum atomic E-state index is -0.943. The Morgan fingerprint density at radius 1 is 1.57 bits per heavy atom. The van der Waals surface area contributed by atoms with E-state index >= 15 is 0 Å². The van der Waals surface area contributed by atoms with Crippen LogP contribution in [0.2, 0.25) is 0 Å². The third kappa shape index (κ3) is 3.88. The van der Waals surface area contributed by atoms with Crippen LogP contribution in [0.15, 0.2) is 6.20 Å². The highest BCUT2D eigenvalue weighted by Gasteiger charge is 2.41. The van der Waals surface area contributed by atoms with Gasteiger partial charge < -0.3 is 10.4 Å². The molecule has 1 fully saturated rings. The van der Waals surface area contributed by atoms with Gasteiger partial charge in [-0.3, -0.25) is 4.90 Å². The number of carbonyl (C=O) groups excluding carboxylic acids is 1. The van der Waals surface area contributed by atoms with Crippen molar-refractivity contribution in [2.24, 2.45) is 0 Å². The molecule has 0 saturated carbocycles. The molecule has 21 heavy (non-hydrogen) atoms. The van der Waals surface area contributed by atoms with Crippen LogP contribution < -0.4 is 5.32 Å². The van der Waals surface area contributed by atoms with Crippen molar-refractivity contribution in [3.8, 4) is 0 Å². The van der Waals surface area contributed by atoms with Gasteiger partial charge in [0.25, 0.3) is 0 Å². The summed E-state index contributed by atoms with van der Waals surface area (Å²) in [5.74, 6) is -0.495. The van der Waals surface area contributed by atoms with Gasteiger partial charge in [0.15, 0.2) is 0 Å². The van der Waals surface area contributed by atoms with Crippen molar-refractivity contribution in [3.05, 3.63) is 16.1 Å². The van der Waals surface area contributed by atoms with Crippen LogP contribution in [0.4, 0.5) is 4.79 Å². The summed E-state index contributed by atoms with van der Waals surface area (Å²) < 4.78 is 0. The molecule has 1 aliphatic heterocycles. The lowest BCUT2D eigenvalue weighted by molar-refractivity contribution is -0.141. The topological polar surface area (TPSA) is 82.5 Å². The fourth-order valence-electron chi connectivity index (χ4n) is 2.22. The number of rotatable bonds is 5. The number of carbonyl (C=O) groups is 2. The van der Waals surface area contributed by atoms with Crippen LogP contribution in [0.25, 0.3) is 0 Å². The fourth-order valence-corrected chi connectivity index (χ4v) is 4.46. The van der Waals surface area contributed by atoms with Gasteiger partial charge in [-0.15, -0.1) is 23.1 Å². The van der Waals surface area contributed by atoms with Gasteiger partial charge in [-0.2, -0.15) is 0 Å². The molecule has 1 aliphatic rings. The number of hydrogen-bond acceptors (Lipinski definition) is 5. The average molecular weight is 329 g/mol. The molecule has 0 spiro atoms. The number of urea groups is 1. The first-order valence-corrected chi connectivity index (χ1v) is 8.71. The predicted molar refractivity (Wildman–Crippen MR) is 83.5 cm³/mol. The third-order valence-electron chi connectivity index (χ3n) is 3.21. The first-order chi connectivity index (χ1) is 10.0. The zero-order valence-corrected chi connectivity index (χ0v) is 13.7. The van der Waals surface area contributed by atoms with Crippen molar-refractivity contribution in [2.75, 3.05) is 5.75 Å². The lowest BCUT2D eigenvalue weighted by Gasteiger charge is -2.27. The van der Waals surface area contributed by atoms with E-state index in [1.807, 2.05) is 13.8 Å². The molecule has 8 heteroatoms. The third-order valence-corrected chi connectivity index (χ3v) is 5.48. The van der Waals surface area contributed by atoms with Gasteiger partial charge in [0.2, 0.25) is 0 Å². The Hall–Kier alpha value is -1.28. The van der Waals surface area contributed by atoms with Crippen molar-refractivity contribution >= 4 is 35.1 Å². The zero-order valence-electron chi connectivity index (χ0n) is 12.0. The SMILES string of the molecule is CCCC1SCC(C(=O)O)N1C(=O)NCc1ncc(C)s1. The molecule has 1 aromatic heterocycles. The van der Waals surface area contributed by atoms with Gasteiger partial charge in [0.05, 0.1) is 11.9 Å². The second-order valence-corrected chi connectivity index (χ2v) is 7.39. The van der Waals surface area contributed by atoms with Crippen LogP contribution in [-0.2, 0) is 11.3 Å². The van der Waals surface area contributed by atoms with Crippen molar-refractivity contribution in [2.45, 2.75) is 44.6 Å². The van der Waals surface area contributed by atoms with Gasteiger partial charge in [-0.25, -0.2) is 14.6 Å². The van der Waals surface area contributed by atoms with E-state index in [9.17, 15) is 14.7 Å². The molecule has 2 rings (SSSR count). The normalized spacial score (nSPS) is 21.5. The molecule has 1 aromatic rings. The molecule has 2 unspecified atom stereocenters. The molecule has 2 N–H and O–H groups in total. The van der Waals surface area contributed by atoms with Crippen LogP contribution >= 0.6 is 23.1 Å². The molecule has 0 aliphatic carbocycles. The highest BCUT2D eigenvalue weighted by molar-refractivity contribution is 8.00. The Labute approximate surface area is 131 Å². The summed E-state index contributed by atoms with van der Waals surface area (Å²) in [5, 5.41) is 12.8. The molecule has 2 atom stereocenters. The quantitative estimate of drug-likeness (QED) is 0.866. The Balaban J connectivity index is 2.00. The summed E-state index contributed by atoms with van der Waals surface area (Å²) >= 11 is 3.06. The predicted octanol–water partition coefficient (Wildman–Crippen LogP) is 2.29. The smallest absolute Gasteiger partial charge is 0.327 e. The number of nitrogens with one attached hydrogen (secondary N) is 1. The summed E-state index contributed by atoms with van der Waals surface area (Å²) in [5.41, 5.74) is 0. The summed E-state index contributed by atoms with van der Waals surface area (Å²) in [7, 11) is 0. The molecular formula is C13H19N3O3S2. The van der Waals surface area contributed by atoms with Crippen molar-refractivity contribution < 1.29 is 14.7 Å². The van der Waals surface area contributed by atoms with Gasteiger partial charge >= 0.3 is 12.0 Å². The fraction of sp³-hybridized carbons (Fsp3) is 0.615. The minimum absolute atomic E-state index is 0.0610. The number of aryl methyl sites for hydroxylation is 1. The average Bonchev–Trinajstić information content (AvgIpc) is 3.03. The summed E-state index contributed by atoms with van der Waals surface area (Å²) in [4.78, 5) is 30.4. The monoisotopic (exact) mass is 329 g/mol. The van der Waals surface area contributed by atoms with Crippen molar-refractivity contribution in [3.63, 3.8) is 0 Å². The molecule has 6 nitrogen and oxygen atoms in total. The molecule has 0 radical (unpaired) electrons. The Kier molecular flexibility index (Phi) is 5.46. The number of thiazole rings is 1. The van der Waals surface area contributed by atoms with Crippen LogP contribution in [0.1, 0.15) is 29.7 Å². The number of nitrogens with zero attached hydrogens (tertiary/aromatic N) is 2. The number of hydrogen-bond donors (Lipinski definition) is 2. The van der Waals surface area contributed by atoms with Crippen molar-refractivity contribution in [1.29, 1.82) is 0 Å². The zero-order chi connectivity index (χ0) is 15.4. The van der Waals surface area contributed by atoms with Gasteiger partial charge in [-0.1, -0.05) is 13.3 Å². The van der Waals surface area contributed by atoms with Crippen LogP contribution in [0, 0.1) is 6.92 Å². The second kappa shape index (κ2) is 7.13. The largest absolute Gasteiger partial charge is 0.480 e. The molecule has 0 aromatic carbocycles. The number of thioether (sulfide) groups is 1. The molecule has 2 heterocycles. The van der Waals surface area contributed by atoms with Crippen LogP contribution in [0.5, 0.6) is 0 Å². The summed E-state index contributed by atoms with van der Waals surface area (Å²) in [6, 6.07) is -1.07. The number of aromatic nitrogens is 1. The van der Waals surface area contributed by atoms with E-state index < -0.39 is 12.0 Å². The van der Waals surface area contributed by atoms with E-state index in [0.717, 1.165) is 22.7 Å². The first-order valence-electron chi connectivity index (χ1n) is 6.84. The molecule has 1 saturated heterocycles. The number of aliphatic carboxylic acids is 1. The number of carboxylic acids is 1. The highest BCUT2D eigenvalue weighted by atomic mass is 32.2. The van der Waals surface area contributed by atoms with E-state index in [0.29, 0.717) is 12.3 Å². The number of amides is 2. The van der Waals surface area contributed by atoms with E-state index in [1.54, 1.807) is 6.20 Å². The summed E-state index contributed by atoms with van der Waals surface area (Å²) in [6.45, 7) is 4.32. The van der Waals surface area contributed by atoms with Crippen LogP contribution in [0.3, 0.4) is 0 Å². The maximum absolute atomic E-state index is 12.3. The minimum Gasteiger partial charge on any atom is -0.480 e. The van der Waals surface area contributed by atoms with Crippen LogP contribution in [-0.4, -0.2) is 44.2 Å². The molecular weight excluding hydrogens is 310 g/mol.